The maximum Gasteiger partial charge on any atom is 0.338 e. The van der Waals surface area contributed by atoms with Crippen molar-refractivity contribution in [3.05, 3.63) is 29.8 Å². The minimum absolute atomic E-state index is 0.290. The summed E-state index contributed by atoms with van der Waals surface area (Å²) >= 11 is 5.38. The number of hydrogen-bond donors (Lipinski definition) is 2. The highest BCUT2D eigenvalue weighted by Gasteiger charge is 2.24. The first-order chi connectivity index (χ1) is 10.2. The van der Waals surface area contributed by atoms with Crippen LogP contribution in [0.3, 0.4) is 0 Å². The molecule has 1 aromatic rings. The summed E-state index contributed by atoms with van der Waals surface area (Å²) in [6.07, 6.45) is 1.14. The number of ether oxygens (including phenoxy) is 1. The van der Waals surface area contributed by atoms with Crippen LogP contribution in [0, 0.1) is 0 Å². The van der Waals surface area contributed by atoms with Crippen molar-refractivity contribution in [2.24, 2.45) is 0 Å². The summed E-state index contributed by atoms with van der Waals surface area (Å²) < 4.78 is 4.99. The molecule has 1 fully saturated rings. The molecular formula is C15H22N3O2S+. The standard InChI is InChI=1S/C15H21N3O2S/c1-3-9-17-10-16-15(21)18(11-17)13-7-5-12(6-8-13)14(19)20-4-2/h5-8H,3-4,9-11H2,1-2H3,(H,16,21)/p+1. The Balaban J connectivity index is 2.09. The Labute approximate surface area is 130 Å². The van der Waals surface area contributed by atoms with Crippen LogP contribution in [0.25, 0.3) is 0 Å². The van der Waals surface area contributed by atoms with E-state index in [1.165, 1.54) is 4.90 Å². The predicted octanol–water partition coefficient (Wildman–Crippen LogP) is 0.768. The van der Waals surface area contributed by atoms with Crippen LogP contribution in [0.4, 0.5) is 5.69 Å². The van der Waals surface area contributed by atoms with Crippen molar-refractivity contribution in [2.75, 3.05) is 31.4 Å². The van der Waals surface area contributed by atoms with E-state index in [1.54, 1.807) is 19.1 Å². The van der Waals surface area contributed by atoms with Gasteiger partial charge in [-0.3, -0.25) is 4.90 Å². The molecule has 0 spiro atoms. The molecule has 1 aromatic carbocycles. The fraction of sp³-hybridized carbons (Fsp3) is 0.467. The number of benzene rings is 1. The van der Waals surface area contributed by atoms with Crippen molar-refractivity contribution in [2.45, 2.75) is 20.3 Å². The lowest BCUT2D eigenvalue weighted by Gasteiger charge is -2.35. The highest BCUT2D eigenvalue weighted by atomic mass is 32.1. The number of esters is 1. The third-order valence-electron chi connectivity index (χ3n) is 3.41. The highest BCUT2D eigenvalue weighted by molar-refractivity contribution is 7.80. The molecule has 0 aromatic heterocycles. The van der Waals surface area contributed by atoms with Gasteiger partial charge in [-0.15, -0.1) is 0 Å². The Morgan fingerprint density at radius 3 is 2.71 bits per heavy atom. The molecule has 1 aliphatic rings. The molecule has 0 radical (unpaired) electrons. The van der Waals surface area contributed by atoms with Crippen LogP contribution in [-0.2, 0) is 4.74 Å². The quantitative estimate of drug-likeness (QED) is 0.621. The zero-order valence-electron chi connectivity index (χ0n) is 12.5. The van der Waals surface area contributed by atoms with Gasteiger partial charge in [0.2, 0.25) is 0 Å². The molecule has 0 bridgehead atoms. The van der Waals surface area contributed by atoms with E-state index in [-0.39, 0.29) is 5.97 Å². The zero-order chi connectivity index (χ0) is 15.2. The lowest BCUT2D eigenvalue weighted by atomic mass is 10.2. The second-order valence-corrected chi connectivity index (χ2v) is 5.40. The summed E-state index contributed by atoms with van der Waals surface area (Å²) in [5.74, 6) is -0.290. The van der Waals surface area contributed by atoms with Gasteiger partial charge in [-0.25, -0.2) is 4.79 Å². The lowest BCUT2D eigenvalue weighted by molar-refractivity contribution is -0.903. The lowest BCUT2D eigenvalue weighted by Crippen LogP contribution is -3.17. The van der Waals surface area contributed by atoms with Crippen LogP contribution in [-0.4, -0.2) is 37.6 Å². The first-order valence-electron chi connectivity index (χ1n) is 7.31. The summed E-state index contributed by atoms with van der Waals surface area (Å²) in [6.45, 7) is 7.18. The Bertz CT molecular complexity index is 504. The number of anilines is 1. The number of carbonyl (C=O) groups excluding carboxylic acids is 1. The second-order valence-electron chi connectivity index (χ2n) is 5.01. The SMILES string of the molecule is CCC[NH+]1CNC(=S)N(c2ccc(C(=O)OCC)cc2)C1. The van der Waals surface area contributed by atoms with Crippen molar-refractivity contribution in [1.29, 1.82) is 0 Å². The number of carbonyl (C=O) groups is 1. The third-order valence-corrected chi connectivity index (χ3v) is 3.77. The van der Waals surface area contributed by atoms with E-state index in [0.717, 1.165) is 37.1 Å². The van der Waals surface area contributed by atoms with Crippen molar-refractivity contribution in [3.8, 4) is 0 Å². The normalized spacial score (nSPS) is 18.3. The summed E-state index contributed by atoms with van der Waals surface area (Å²) in [6, 6.07) is 7.39. The van der Waals surface area contributed by atoms with E-state index >= 15 is 0 Å². The fourth-order valence-electron chi connectivity index (χ4n) is 2.37. The first kappa shape index (κ1) is 15.7. The highest BCUT2D eigenvalue weighted by Crippen LogP contribution is 2.16. The van der Waals surface area contributed by atoms with E-state index < -0.39 is 0 Å². The van der Waals surface area contributed by atoms with Gasteiger partial charge in [0.25, 0.3) is 0 Å². The van der Waals surface area contributed by atoms with E-state index in [1.807, 2.05) is 12.1 Å². The average Bonchev–Trinajstić information content (AvgIpc) is 2.50. The van der Waals surface area contributed by atoms with Gasteiger partial charge in [0.1, 0.15) is 0 Å². The van der Waals surface area contributed by atoms with Gasteiger partial charge in [0, 0.05) is 5.69 Å². The maximum atomic E-state index is 11.7. The van der Waals surface area contributed by atoms with Crippen molar-refractivity contribution in [3.63, 3.8) is 0 Å². The van der Waals surface area contributed by atoms with Gasteiger partial charge >= 0.3 is 5.97 Å². The van der Waals surface area contributed by atoms with E-state index in [0.29, 0.717) is 12.2 Å². The topological polar surface area (TPSA) is 46.0 Å². The van der Waals surface area contributed by atoms with Gasteiger partial charge in [-0.1, -0.05) is 6.92 Å². The molecule has 1 saturated heterocycles. The molecule has 0 aliphatic carbocycles. The Morgan fingerprint density at radius 1 is 1.38 bits per heavy atom. The molecule has 6 heteroatoms. The molecule has 1 unspecified atom stereocenters. The Kier molecular flexibility index (Phi) is 5.52. The maximum absolute atomic E-state index is 11.7. The molecule has 1 aliphatic heterocycles. The van der Waals surface area contributed by atoms with E-state index in [4.69, 9.17) is 17.0 Å². The molecule has 5 nitrogen and oxygen atoms in total. The van der Waals surface area contributed by atoms with Crippen LogP contribution in [0.1, 0.15) is 30.6 Å². The van der Waals surface area contributed by atoms with Crippen molar-refractivity contribution < 1.29 is 14.4 Å². The van der Waals surface area contributed by atoms with E-state index in [2.05, 4.69) is 17.1 Å². The summed E-state index contributed by atoms with van der Waals surface area (Å²) in [7, 11) is 0. The number of thiocarbonyl (C=S) groups is 1. The Morgan fingerprint density at radius 2 is 2.10 bits per heavy atom. The largest absolute Gasteiger partial charge is 0.462 e. The number of nitrogens with one attached hydrogen (secondary N) is 2. The number of hydrogen-bond acceptors (Lipinski definition) is 3. The first-order valence-corrected chi connectivity index (χ1v) is 7.72. The smallest absolute Gasteiger partial charge is 0.338 e. The molecule has 114 valence electrons. The molecule has 1 atom stereocenters. The minimum atomic E-state index is -0.290. The van der Waals surface area contributed by atoms with Crippen molar-refractivity contribution in [1.82, 2.24) is 5.32 Å². The van der Waals surface area contributed by atoms with Gasteiger partial charge in [0.15, 0.2) is 18.4 Å². The van der Waals surface area contributed by atoms with Crippen LogP contribution in [0.2, 0.25) is 0 Å². The van der Waals surface area contributed by atoms with Gasteiger partial charge < -0.3 is 15.0 Å². The predicted molar refractivity (Wildman–Crippen MR) is 86.5 cm³/mol. The van der Waals surface area contributed by atoms with Crippen molar-refractivity contribution >= 4 is 29.0 Å². The minimum Gasteiger partial charge on any atom is -0.462 e. The van der Waals surface area contributed by atoms with Gasteiger partial charge in [-0.2, -0.15) is 0 Å². The monoisotopic (exact) mass is 308 g/mol. The van der Waals surface area contributed by atoms with Crippen LogP contribution < -0.4 is 15.1 Å². The van der Waals surface area contributed by atoms with Crippen LogP contribution in [0.15, 0.2) is 24.3 Å². The molecule has 2 rings (SSSR count). The van der Waals surface area contributed by atoms with E-state index in [9.17, 15) is 4.79 Å². The Hall–Kier alpha value is -1.66. The van der Waals surface area contributed by atoms with Crippen LogP contribution >= 0.6 is 12.2 Å². The molecule has 1 heterocycles. The molecule has 0 amide bonds. The van der Waals surface area contributed by atoms with Gasteiger partial charge in [0.05, 0.1) is 18.7 Å². The third kappa shape index (κ3) is 3.92. The summed E-state index contributed by atoms with van der Waals surface area (Å²) in [5.41, 5.74) is 1.56. The number of rotatable bonds is 5. The fourth-order valence-corrected chi connectivity index (χ4v) is 2.61. The molecule has 21 heavy (non-hydrogen) atoms. The molecular weight excluding hydrogens is 286 g/mol. The number of nitrogens with zero attached hydrogens (tertiary/aromatic N) is 1. The summed E-state index contributed by atoms with van der Waals surface area (Å²) in [5, 5.41) is 3.99. The second kappa shape index (κ2) is 7.38. The number of quaternary nitrogens is 1. The van der Waals surface area contributed by atoms with Crippen LogP contribution in [0.5, 0.6) is 0 Å². The van der Waals surface area contributed by atoms with Gasteiger partial charge in [-0.05, 0) is 49.8 Å². The molecule has 0 saturated carbocycles. The molecule has 2 N–H and O–H groups in total. The average molecular weight is 308 g/mol. The summed E-state index contributed by atoms with van der Waals surface area (Å²) in [4.78, 5) is 15.2. The zero-order valence-corrected chi connectivity index (χ0v) is 13.3.